The van der Waals surface area contributed by atoms with Gasteiger partial charge in [0.15, 0.2) is 6.30 Å². The number of allylic oxidation sites excluding steroid dienone is 2. The number of hydrogen-bond acceptors (Lipinski definition) is 1. The lowest BCUT2D eigenvalue weighted by Crippen LogP contribution is -2.30. The zero-order valence-corrected chi connectivity index (χ0v) is 8.45. The maximum Gasteiger partial charge on any atom is 0.178 e. The molecule has 72 valence electrons. The number of alkyl halides is 1. The molecule has 0 radical (unpaired) electrons. The molecule has 1 heterocycles. The van der Waals surface area contributed by atoms with Gasteiger partial charge in [0.2, 0.25) is 0 Å². The minimum Gasteiger partial charge on any atom is -0.358 e. The molecule has 1 N–H and O–H groups in total. The van der Waals surface area contributed by atoms with Crippen LogP contribution in [0.1, 0.15) is 33.6 Å². The molecule has 1 unspecified atom stereocenters. The van der Waals surface area contributed by atoms with Crippen LogP contribution >= 0.6 is 0 Å². The Morgan fingerprint density at radius 2 is 2.23 bits per heavy atom. The monoisotopic (exact) mass is 181 g/mol. The van der Waals surface area contributed by atoms with E-state index in [1.807, 2.05) is 13.8 Å². The van der Waals surface area contributed by atoms with Crippen LogP contribution in [0.15, 0.2) is 22.9 Å². The highest BCUT2D eigenvalue weighted by atomic mass is 19.1. The van der Waals surface area contributed by atoms with Gasteiger partial charge in [-0.05, 0) is 18.9 Å². The second-order valence-electron chi connectivity index (χ2n) is 4.62. The zero-order valence-electron chi connectivity index (χ0n) is 8.45. The van der Waals surface area contributed by atoms with E-state index in [9.17, 15) is 4.39 Å². The Kier molecular flexibility index (Phi) is 1.76. The Labute approximate surface area is 78.7 Å². The number of nitrogens with one attached hydrogen (secondary N) is 1. The molecular formula is C11H16FN. The predicted molar refractivity (Wildman–Crippen MR) is 51.8 cm³/mol. The first-order valence-electron chi connectivity index (χ1n) is 4.80. The lowest BCUT2D eigenvalue weighted by Gasteiger charge is -2.24. The number of hydrogen-bond donors (Lipinski definition) is 1. The molecule has 1 aliphatic carbocycles. The maximum atomic E-state index is 13.6. The lowest BCUT2D eigenvalue weighted by molar-refractivity contribution is 0.175. The fourth-order valence-electron chi connectivity index (χ4n) is 2.13. The smallest absolute Gasteiger partial charge is 0.178 e. The van der Waals surface area contributed by atoms with Gasteiger partial charge >= 0.3 is 0 Å². The van der Waals surface area contributed by atoms with Gasteiger partial charge in [-0.25, -0.2) is 4.39 Å². The highest BCUT2D eigenvalue weighted by molar-refractivity contribution is 5.36. The largest absolute Gasteiger partial charge is 0.358 e. The van der Waals surface area contributed by atoms with Crippen LogP contribution in [0.5, 0.6) is 0 Å². The van der Waals surface area contributed by atoms with Crippen molar-refractivity contribution < 1.29 is 4.39 Å². The first-order chi connectivity index (χ1) is 6.01. The molecule has 0 amide bonds. The first kappa shape index (κ1) is 8.79. The fourth-order valence-corrected chi connectivity index (χ4v) is 2.13. The van der Waals surface area contributed by atoms with E-state index in [2.05, 4.69) is 18.3 Å². The summed E-state index contributed by atoms with van der Waals surface area (Å²) in [5.74, 6) is 0. The summed E-state index contributed by atoms with van der Waals surface area (Å²) in [5, 5.41) is 2.95. The summed E-state index contributed by atoms with van der Waals surface area (Å²) < 4.78 is 13.6. The average molecular weight is 181 g/mol. The summed E-state index contributed by atoms with van der Waals surface area (Å²) in [5.41, 5.74) is 3.41. The minimum absolute atomic E-state index is 0.313. The number of halogens is 1. The van der Waals surface area contributed by atoms with Gasteiger partial charge in [-0.1, -0.05) is 25.5 Å². The van der Waals surface area contributed by atoms with E-state index in [4.69, 9.17) is 0 Å². The molecule has 1 atom stereocenters. The second kappa shape index (κ2) is 2.60. The van der Waals surface area contributed by atoms with Crippen LogP contribution in [-0.4, -0.2) is 6.30 Å². The molecule has 0 aromatic carbocycles. The van der Waals surface area contributed by atoms with Gasteiger partial charge in [0, 0.05) is 17.5 Å². The fraction of sp³-hybridized carbons (Fsp3) is 0.636. The molecule has 2 aliphatic rings. The van der Waals surface area contributed by atoms with Crippen molar-refractivity contribution >= 4 is 0 Å². The third kappa shape index (κ3) is 1.19. The van der Waals surface area contributed by atoms with Gasteiger partial charge in [0.1, 0.15) is 0 Å². The third-order valence-electron chi connectivity index (χ3n) is 3.19. The van der Waals surface area contributed by atoms with Crippen LogP contribution in [0.3, 0.4) is 0 Å². The molecule has 1 aliphatic heterocycles. The Morgan fingerprint density at radius 1 is 1.54 bits per heavy atom. The molecule has 0 spiro atoms. The molecule has 0 saturated heterocycles. The van der Waals surface area contributed by atoms with Gasteiger partial charge in [0.05, 0.1) is 0 Å². The third-order valence-corrected chi connectivity index (χ3v) is 3.19. The molecular weight excluding hydrogens is 165 g/mol. The van der Waals surface area contributed by atoms with Crippen LogP contribution in [0, 0.1) is 5.41 Å². The van der Waals surface area contributed by atoms with Crippen molar-refractivity contribution in [3.05, 3.63) is 22.9 Å². The Morgan fingerprint density at radius 3 is 2.92 bits per heavy atom. The van der Waals surface area contributed by atoms with E-state index in [0.717, 1.165) is 18.5 Å². The number of rotatable bonds is 0. The van der Waals surface area contributed by atoms with Gasteiger partial charge in [0.25, 0.3) is 0 Å². The van der Waals surface area contributed by atoms with Crippen LogP contribution in [-0.2, 0) is 0 Å². The van der Waals surface area contributed by atoms with Crippen molar-refractivity contribution in [3.63, 3.8) is 0 Å². The Bertz CT molecular complexity index is 299. The molecule has 1 nitrogen and oxygen atoms in total. The van der Waals surface area contributed by atoms with Crippen molar-refractivity contribution in [2.24, 2.45) is 5.41 Å². The van der Waals surface area contributed by atoms with Crippen LogP contribution in [0.2, 0.25) is 0 Å². The van der Waals surface area contributed by atoms with Crippen LogP contribution < -0.4 is 5.32 Å². The van der Waals surface area contributed by atoms with E-state index in [-0.39, 0.29) is 5.41 Å². The molecule has 0 bridgehead atoms. The topological polar surface area (TPSA) is 12.0 Å². The summed E-state index contributed by atoms with van der Waals surface area (Å²) in [6, 6.07) is 0. The zero-order chi connectivity index (χ0) is 9.64. The summed E-state index contributed by atoms with van der Waals surface area (Å²) in [6.07, 6.45) is 3.12. The second-order valence-corrected chi connectivity index (χ2v) is 4.62. The maximum absolute atomic E-state index is 13.6. The normalized spacial score (nSPS) is 31.1. The summed E-state index contributed by atoms with van der Waals surface area (Å²) in [6.45, 7) is 6.05. The van der Waals surface area contributed by atoms with Gasteiger partial charge in [-0.3, -0.25) is 0 Å². The summed E-state index contributed by atoms with van der Waals surface area (Å²) >= 11 is 0. The summed E-state index contributed by atoms with van der Waals surface area (Å²) in [7, 11) is 0. The average Bonchev–Trinajstić information content (AvgIpc) is 2.23. The van der Waals surface area contributed by atoms with Crippen molar-refractivity contribution in [3.8, 4) is 0 Å². The molecule has 0 fully saturated rings. The quantitative estimate of drug-likeness (QED) is 0.447. The molecule has 0 aromatic heterocycles. The van der Waals surface area contributed by atoms with E-state index in [1.165, 1.54) is 11.1 Å². The standard InChI is InChI=1S/C11H16FN/c1-7-4-5-8-9(6-7)13-10(12)11(8,2)3/h4,10,13H,5-6H2,1-3H3. The summed E-state index contributed by atoms with van der Waals surface area (Å²) in [4.78, 5) is 0. The van der Waals surface area contributed by atoms with Gasteiger partial charge < -0.3 is 5.32 Å². The van der Waals surface area contributed by atoms with E-state index in [1.54, 1.807) is 0 Å². The van der Waals surface area contributed by atoms with Crippen molar-refractivity contribution in [1.82, 2.24) is 5.32 Å². The molecule has 13 heavy (non-hydrogen) atoms. The van der Waals surface area contributed by atoms with E-state index < -0.39 is 6.30 Å². The lowest BCUT2D eigenvalue weighted by atomic mass is 9.80. The van der Waals surface area contributed by atoms with E-state index in [0.29, 0.717) is 0 Å². The molecule has 0 saturated carbocycles. The van der Waals surface area contributed by atoms with E-state index >= 15 is 0 Å². The van der Waals surface area contributed by atoms with Crippen LogP contribution in [0.25, 0.3) is 0 Å². The van der Waals surface area contributed by atoms with Crippen molar-refractivity contribution in [2.45, 2.75) is 39.9 Å². The SMILES string of the molecule is CC1=CCC2=C(C1)NC(F)C2(C)C. The van der Waals surface area contributed by atoms with Gasteiger partial charge in [-0.15, -0.1) is 0 Å². The van der Waals surface area contributed by atoms with Crippen molar-refractivity contribution in [2.75, 3.05) is 0 Å². The molecule has 2 heteroatoms. The Balaban J connectivity index is 2.30. The molecule has 0 aromatic rings. The van der Waals surface area contributed by atoms with Crippen LogP contribution in [0.4, 0.5) is 4.39 Å². The minimum atomic E-state index is -0.906. The van der Waals surface area contributed by atoms with Crippen molar-refractivity contribution in [1.29, 1.82) is 0 Å². The Hall–Kier alpha value is -0.790. The highest BCUT2D eigenvalue weighted by Gasteiger charge is 2.41. The molecule has 2 rings (SSSR count). The first-order valence-corrected chi connectivity index (χ1v) is 4.80. The van der Waals surface area contributed by atoms with Gasteiger partial charge in [-0.2, -0.15) is 0 Å². The predicted octanol–water partition coefficient (Wildman–Crippen LogP) is 2.91. The highest BCUT2D eigenvalue weighted by Crippen LogP contribution is 2.44.